The Morgan fingerprint density at radius 1 is 1.07 bits per heavy atom. The number of ether oxygens (including phenoxy) is 1. The summed E-state index contributed by atoms with van der Waals surface area (Å²) in [5.74, 6) is 1.19. The molecule has 6 nitrogen and oxygen atoms in total. The van der Waals surface area contributed by atoms with Crippen molar-refractivity contribution in [1.82, 2.24) is 10.2 Å². The summed E-state index contributed by atoms with van der Waals surface area (Å²) >= 11 is 0. The molecule has 30 heavy (non-hydrogen) atoms. The van der Waals surface area contributed by atoms with Crippen LogP contribution in [-0.2, 0) is 25.7 Å². The second-order valence-corrected chi connectivity index (χ2v) is 9.69. The van der Waals surface area contributed by atoms with Crippen LogP contribution in [0.3, 0.4) is 0 Å². The van der Waals surface area contributed by atoms with Gasteiger partial charge in [0, 0.05) is 19.0 Å². The van der Waals surface area contributed by atoms with Crippen LogP contribution in [0.4, 0.5) is 0 Å². The summed E-state index contributed by atoms with van der Waals surface area (Å²) in [6.07, 6.45) is 5.79. The molecule has 0 saturated heterocycles. The number of nitrogens with zero attached hydrogens (tertiary/aromatic N) is 1. The Morgan fingerprint density at radius 3 is 2.20 bits per heavy atom. The van der Waals surface area contributed by atoms with Crippen molar-refractivity contribution in [2.24, 2.45) is 23.2 Å². The maximum atomic E-state index is 12.9. The van der Waals surface area contributed by atoms with Gasteiger partial charge in [0.25, 0.3) is 5.91 Å². The number of hydrogen-bond donors (Lipinski definition) is 1. The van der Waals surface area contributed by atoms with E-state index in [1.165, 1.54) is 19.3 Å². The van der Waals surface area contributed by atoms with Crippen molar-refractivity contribution in [2.75, 3.05) is 13.6 Å². The van der Waals surface area contributed by atoms with Crippen molar-refractivity contribution in [3.8, 4) is 0 Å². The molecule has 4 aliphatic rings. The van der Waals surface area contributed by atoms with E-state index in [9.17, 15) is 14.4 Å². The van der Waals surface area contributed by atoms with Crippen LogP contribution < -0.4 is 5.32 Å². The fraction of sp³-hybridized carbons (Fsp3) is 0.625. The number of hydrogen-bond acceptors (Lipinski definition) is 4. The Kier molecular flexibility index (Phi) is 5.85. The maximum absolute atomic E-state index is 12.9. The molecule has 6 heteroatoms. The zero-order valence-corrected chi connectivity index (χ0v) is 17.9. The van der Waals surface area contributed by atoms with Gasteiger partial charge in [-0.25, -0.2) is 0 Å². The number of rotatable bonds is 7. The summed E-state index contributed by atoms with van der Waals surface area (Å²) in [7, 11) is 1.69. The second-order valence-electron chi connectivity index (χ2n) is 9.69. The van der Waals surface area contributed by atoms with E-state index < -0.39 is 12.1 Å². The van der Waals surface area contributed by atoms with Gasteiger partial charge in [0.1, 0.15) is 6.54 Å². The summed E-state index contributed by atoms with van der Waals surface area (Å²) in [5, 5.41) is 2.81. The molecule has 0 spiro atoms. The molecule has 4 aliphatic carbocycles. The normalized spacial score (nSPS) is 29.9. The van der Waals surface area contributed by atoms with Crippen molar-refractivity contribution in [3.05, 3.63) is 35.9 Å². The lowest BCUT2D eigenvalue weighted by Crippen LogP contribution is -2.54. The summed E-state index contributed by atoms with van der Waals surface area (Å²) in [4.78, 5) is 39.3. The predicted molar refractivity (Wildman–Crippen MR) is 112 cm³/mol. The third kappa shape index (κ3) is 4.37. The number of likely N-dealkylation sites (N-methyl/N-ethyl adjacent to an activating group) is 1. The van der Waals surface area contributed by atoms with Crippen LogP contribution in [0.2, 0.25) is 0 Å². The first-order valence-electron chi connectivity index (χ1n) is 11.1. The van der Waals surface area contributed by atoms with Crippen LogP contribution in [0.1, 0.15) is 51.0 Å². The second kappa shape index (κ2) is 8.40. The number of esters is 1. The molecule has 0 radical (unpaired) electrons. The minimum atomic E-state index is -0.886. The van der Waals surface area contributed by atoms with Crippen LogP contribution in [-0.4, -0.2) is 42.4 Å². The van der Waals surface area contributed by atoms with E-state index in [1.54, 1.807) is 18.9 Å². The highest BCUT2D eigenvalue weighted by Gasteiger charge is 2.54. The first-order chi connectivity index (χ1) is 14.3. The van der Waals surface area contributed by atoms with Gasteiger partial charge in [0.15, 0.2) is 6.10 Å². The molecule has 1 aromatic rings. The zero-order chi connectivity index (χ0) is 21.3. The van der Waals surface area contributed by atoms with Gasteiger partial charge in [-0.3, -0.25) is 14.4 Å². The fourth-order valence-corrected chi connectivity index (χ4v) is 6.26. The molecule has 1 aromatic carbocycles. The monoisotopic (exact) mass is 412 g/mol. The highest BCUT2D eigenvalue weighted by Crippen LogP contribution is 2.60. The summed E-state index contributed by atoms with van der Waals surface area (Å²) in [5.41, 5.74) is 0.724. The van der Waals surface area contributed by atoms with Crippen molar-refractivity contribution in [1.29, 1.82) is 0 Å². The molecule has 2 amide bonds. The van der Waals surface area contributed by atoms with Crippen LogP contribution >= 0.6 is 0 Å². The average molecular weight is 413 g/mol. The van der Waals surface area contributed by atoms with Gasteiger partial charge in [0.05, 0.1) is 0 Å². The number of benzene rings is 1. The third-order valence-electron chi connectivity index (χ3n) is 7.21. The maximum Gasteiger partial charge on any atom is 0.326 e. The van der Waals surface area contributed by atoms with Crippen molar-refractivity contribution < 1.29 is 19.1 Å². The molecule has 4 fully saturated rings. The number of carbonyl (C=O) groups excluding carboxylic acids is 3. The average Bonchev–Trinajstić information content (AvgIpc) is 2.71. The summed E-state index contributed by atoms with van der Waals surface area (Å²) in [6.45, 7) is 1.84. The van der Waals surface area contributed by atoms with E-state index in [0.717, 1.165) is 24.8 Å². The molecule has 0 aromatic heterocycles. The van der Waals surface area contributed by atoms with E-state index in [-0.39, 0.29) is 23.8 Å². The molecule has 1 N–H and O–H groups in total. The first kappa shape index (κ1) is 20.9. The van der Waals surface area contributed by atoms with Crippen molar-refractivity contribution >= 4 is 17.8 Å². The largest absolute Gasteiger partial charge is 0.451 e. The molecule has 4 saturated carbocycles. The lowest BCUT2D eigenvalue weighted by Gasteiger charge is -2.55. The van der Waals surface area contributed by atoms with Crippen molar-refractivity contribution in [2.45, 2.75) is 58.1 Å². The minimum absolute atomic E-state index is 0.00118. The standard InChI is InChI=1S/C24H32N2O4/c1-16(22(28)26(2)15-17-6-4-3-5-7-17)30-21(27)14-25-23(29)24-11-18-8-19(12-24)10-20(9-18)13-24/h3-7,16,18-20H,8-15H2,1-2H3,(H,25,29)/t16-,18?,19?,20?,24?/m1/s1. The van der Waals surface area contributed by atoms with Crippen LogP contribution in [0, 0.1) is 23.2 Å². The van der Waals surface area contributed by atoms with E-state index in [2.05, 4.69) is 5.32 Å². The Balaban J connectivity index is 1.24. The smallest absolute Gasteiger partial charge is 0.326 e. The quantitative estimate of drug-likeness (QED) is 0.699. The Labute approximate surface area is 178 Å². The molecule has 5 rings (SSSR count). The predicted octanol–water partition coefficient (Wildman–Crippen LogP) is 2.91. The lowest BCUT2D eigenvalue weighted by molar-refractivity contribution is -0.159. The molecule has 162 valence electrons. The van der Waals surface area contributed by atoms with Gasteiger partial charge in [0.2, 0.25) is 5.91 Å². The van der Waals surface area contributed by atoms with Crippen molar-refractivity contribution in [3.63, 3.8) is 0 Å². The van der Waals surface area contributed by atoms with E-state index in [1.807, 2.05) is 30.3 Å². The Bertz CT molecular complexity index is 771. The molecule has 0 unspecified atom stereocenters. The number of carbonyl (C=O) groups is 3. The Morgan fingerprint density at radius 2 is 1.63 bits per heavy atom. The van der Waals surface area contributed by atoms with Gasteiger partial charge in [-0.15, -0.1) is 0 Å². The SMILES string of the molecule is C[C@@H](OC(=O)CNC(=O)C12CC3CC(CC(C3)C1)C2)C(=O)N(C)Cc1ccccc1. The number of nitrogens with one attached hydrogen (secondary N) is 1. The summed E-state index contributed by atoms with van der Waals surface area (Å²) < 4.78 is 5.30. The van der Waals surface area contributed by atoms with Gasteiger partial charge < -0.3 is 15.0 Å². The van der Waals surface area contributed by atoms with Gasteiger partial charge >= 0.3 is 5.97 Å². The van der Waals surface area contributed by atoms with E-state index in [4.69, 9.17) is 4.74 Å². The molecular weight excluding hydrogens is 380 g/mol. The van der Waals surface area contributed by atoms with Gasteiger partial charge in [-0.1, -0.05) is 30.3 Å². The van der Waals surface area contributed by atoms with Crippen LogP contribution in [0.5, 0.6) is 0 Å². The lowest BCUT2D eigenvalue weighted by atomic mass is 9.49. The molecule has 0 heterocycles. The minimum Gasteiger partial charge on any atom is -0.451 e. The highest BCUT2D eigenvalue weighted by atomic mass is 16.5. The topological polar surface area (TPSA) is 75.7 Å². The molecule has 1 atom stereocenters. The zero-order valence-electron chi connectivity index (χ0n) is 17.9. The molecule has 4 bridgehead atoms. The fourth-order valence-electron chi connectivity index (χ4n) is 6.26. The van der Waals surface area contributed by atoms with Crippen LogP contribution in [0.15, 0.2) is 30.3 Å². The van der Waals surface area contributed by atoms with Gasteiger partial charge in [-0.05, 0) is 68.8 Å². The van der Waals surface area contributed by atoms with E-state index in [0.29, 0.717) is 24.3 Å². The van der Waals surface area contributed by atoms with E-state index >= 15 is 0 Å². The Hall–Kier alpha value is -2.37. The van der Waals surface area contributed by atoms with Gasteiger partial charge in [-0.2, -0.15) is 0 Å². The molecule has 0 aliphatic heterocycles. The van der Waals surface area contributed by atoms with Crippen LogP contribution in [0.25, 0.3) is 0 Å². The third-order valence-corrected chi connectivity index (χ3v) is 7.21. The molecular formula is C24H32N2O4. The number of amides is 2. The first-order valence-corrected chi connectivity index (χ1v) is 11.1. The highest BCUT2D eigenvalue weighted by molar-refractivity contribution is 5.88. The summed E-state index contributed by atoms with van der Waals surface area (Å²) in [6, 6.07) is 9.65.